The number of nitrogens with one attached hydrogen (secondary N) is 2. The highest BCUT2D eigenvalue weighted by Gasteiger charge is 2.29. The van der Waals surface area contributed by atoms with Gasteiger partial charge in [0.05, 0.1) is 19.1 Å². The number of hydrogen-bond donors (Lipinski definition) is 3. The number of allylic oxidation sites excluding steroid dienone is 1. The van der Waals surface area contributed by atoms with Crippen molar-refractivity contribution in [2.45, 2.75) is 44.6 Å². The third-order valence-corrected chi connectivity index (χ3v) is 7.37. The summed E-state index contributed by atoms with van der Waals surface area (Å²) >= 11 is 0. The van der Waals surface area contributed by atoms with Crippen LogP contribution in [-0.4, -0.2) is 59.6 Å². The molecule has 3 aromatic carbocycles. The highest BCUT2D eigenvalue weighted by atomic mass is 16.6. The molecule has 45 heavy (non-hydrogen) atoms. The van der Waals surface area contributed by atoms with E-state index in [9.17, 15) is 24.3 Å². The zero-order valence-corrected chi connectivity index (χ0v) is 25.0. The molecule has 3 aromatic rings. The minimum Gasteiger partial charge on any atom is -0.454 e. The summed E-state index contributed by atoms with van der Waals surface area (Å²) in [7, 11) is 0. The Bertz CT molecular complexity index is 1420. The van der Waals surface area contributed by atoms with Gasteiger partial charge >= 0.3 is 12.1 Å². The van der Waals surface area contributed by atoms with E-state index in [2.05, 4.69) is 10.6 Å². The van der Waals surface area contributed by atoms with Crippen LogP contribution in [0.1, 0.15) is 42.1 Å². The Hall–Kier alpha value is -4.96. The quantitative estimate of drug-likeness (QED) is 0.232. The lowest BCUT2D eigenvalue weighted by molar-refractivity contribution is -0.152. The van der Waals surface area contributed by atoms with Gasteiger partial charge in [-0.15, -0.1) is 0 Å². The predicted octanol–water partition coefficient (Wildman–Crippen LogP) is 4.06. The van der Waals surface area contributed by atoms with E-state index >= 15 is 0 Å². The van der Waals surface area contributed by atoms with E-state index in [0.717, 1.165) is 11.1 Å². The third kappa shape index (κ3) is 10.6. The van der Waals surface area contributed by atoms with Crippen LogP contribution in [0.2, 0.25) is 0 Å². The normalized spacial score (nSPS) is 18.8. The van der Waals surface area contributed by atoms with E-state index in [-0.39, 0.29) is 57.4 Å². The van der Waals surface area contributed by atoms with Gasteiger partial charge in [0.15, 0.2) is 0 Å². The molecule has 10 nitrogen and oxygen atoms in total. The Morgan fingerprint density at radius 3 is 2.18 bits per heavy atom. The summed E-state index contributed by atoms with van der Waals surface area (Å²) in [5, 5.41) is 15.1. The van der Waals surface area contributed by atoms with Gasteiger partial charge in [-0.25, -0.2) is 9.59 Å². The van der Waals surface area contributed by atoms with Crippen molar-refractivity contribution < 1.29 is 33.8 Å². The second-order valence-corrected chi connectivity index (χ2v) is 10.7. The van der Waals surface area contributed by atoms with Crippen molar-refractivity contribution in [3.8, 4) is 0 Å². The maximum Gasteiger partial charge on any atom is 0.408 e. The van der Waals surface area contributed by atoms with Gasteiger partial charge in [0.25, 0.3) is 0 Å². The number of carbonyl (C=O) groups excluding carboxylic acids is 4. The molecule has 3 atom stereocenters. The fourth-order valence-electron chi connectivity index (χ4n) is 4.91. The molecular weight excluding hydrogens is 574 g/mol. The summed E-state index contributed by atoms with van der Waals surface area (Å²) in [6.07, 6.45) is 2.04. The first-order valence-corrected chi connectivity index (χ1v) is 15.0. The molecule has 0 radical (unpaired) electrons. The van der Waals surface area contributed by atoms with E-state index in [4.69, 9.17) is 9.47 Å². The molecule has 1 aliphatic rings. The van der Waals surface area contributed by atoms with Crippen molar-refractivity contribution in [3.05, 3.63) is 120 Å². The van der Waals surface area contributed by atoms with Gasteiger partial charge in [-0.2, -0.15) is 0 Å². The molecule has 0 bridgehead atoms. The molecule has 0 aromatic heterocycles. The number of hydrogen-bond acceptors (Lipinski definition) is 7. The van der Waals surface area contributed by atoms with Crippen LogP contribution in [0, 0.1) is 5.92 Å². The second-order valence-electron chi connectivity index (χ2n) is 10.7. The number of carbonyl (C=O) groups is 4. The molecule has 4 rings (SSSR count). The van der Waals surface area contributed by atoms with Crippen LogP contribution >= 0.6 is 0 Å². The van der Waals surface area contributed by atoms with E-state index < -0.39 is 30.1 Å². The van der Waals surface area contributed by atoms with Crippen molar-refractivity contribution in [1.82, 2.24) is 15.5 Å². The number of aliphatic hydroxyl groups is 1. The number of rotatable bonds is 10. The van der Waals surface area contributed by atoms with Crippen molar-refractivity contribution in [2.24, 2.45) is 5.92 Å². The largest absolute Gasteiger partial charge is 0.454 e. The second kappa shape index (κ2) is 17.4. The van der Waals surface area contributed by atoms with Crippen molar-refractivity contribution in [1.29, 1.82) is 0 Å². The third-order valence-electron chi connectivity index (χ3n) is 7.37. The van der Waals surface area contributed by atoms with Gasteiger partial charge in [0.2, 0.25) is 11.8 Å². The first kappa shape index (κ1) is 32.9. The minimum absolute atomic E-state index is 0.0292. The van der Waals surface area contributed by atoms with Crippen LogP contribution in [0.4, 0.5) is 4.79 Å². The highest BCUT2D eigenvalue weighted by molar-refractivity contribution is 5.86. The van der Waals surface area contributed by atoms with Crippen molar-refractivity contribution in [3.63, 3.8) is 0 Å². The maximum atomic E-state index is 13.4. The highest BCUT2D eigenvalue weighted by Crippen LogP contribution is 2.21. The SMILES string of the molecule is O=C(N[C@@H]1CC=CC[C@H](CC(=O)N(CCO)Cc2ccccc2)C(=O)NC[C@@H](c2ccccc2)OC1=O)OCc1ccccc1. The Morgan fingerprint density at radius 2 is 1.51 bits per heavy atom. The minimum atomic E-state index is -1.04. The Kier molecular flexibility index (Phi) is 12.7. The molecule has 0 unspecified atom stereocenters. The molecule has 236 valence electrons. The maximum absolute atomic E-state index is 13.4. The zero-order valence-electron chi connectivity index (χ0n) is 25.0. The molecule has 0 fully saturated rings. The van der Waals surface area contributed by atoms with E-state index in [1.54, 1.807) is 36.4 Å². The fraction of sp³-hybridized carbons (Fsp3) is 0.314. The lowest BCUT2D eigenvalue weighted by atomic mass is 9.97. The number of cyclic esters (lactones) is 1. The molecule has 3 N–H and O–H groups in total. The smallest absolute Gasteiger partial charge is 0.408 e. The summed E-state index contributed by atoms with van der Waals surface area (Å²) in [6, 6.07) is 26.6. The molecule has 3 amide bonds. The first-order chi connectivity index (χ1) is 21.9. The average molecular weight is 614 g/mol. The van der Waals surface area contributed by atoms with Gasteiger partial charge in [0.1, 0.15) is 18.8 Å². The van der Waals surface area contributed by atoms with Crippen LogP contribution in [-0.2, 0) is 37.0 Å². The summed E-state index contributed by atoms with van der Waals surface area (Å²) in [5.41, 5.74) is 2.38. The van der Waals surface area contributed by atoms with Gasteiger partial charge in [0, 0.05) is 19.5 Å². The average Bonchev–Trinajstić information content (AvgIpc) is 3.06. The van der Waals surface area contributed by atoms with Crippen molar-refractivity contribution >= 4 is 23.9 Å². The topological polar surface area (TPSA) is 134 Å². The lowest BCUT2D eigenvalue weighted by Gasteiger charge is -2.26. The number of nitrogens with zero attached hydrogens (tertiary/aromatic N) is 1. The molecule has 1 aliphatic heterocycles. The fourth-order valence-corrected chi connectivity index (χ4v) is 4.91. The standard InChI is InChI=1S/C35H39N3O7/c39-21-20-38(24-26-12-4-1-5-13-26)32(40)22-29-18-10-11-19-30(37-35(43)44-25-27-14-6-2-7-15-27)34(42)45-31(23-36-33(29)41)28-16-8-3-9-17-28/h1-17,29-31,39H,18-25H2,(H,36,41)(H,37,43)/t29-,30-,31+/m1/s1. The Morgan fingerprint density at radius 1 is 0.889 bits per heavy atom. The van der Waals surface area contributed by atoms with Crippen LogP contribution in [0.5, 0.6) is 0 Å². The van der Waals surface area contributed by atoms with E-state index in [0.29, 0.717) is 12.1 Å². The van der Waals surface area contributed by atoms with Crippen molar-refractivity contribution in [2.75, 3.05) is 19.7 Å². The molecule has 0 saturated carbocycles. The van der Waals surface area contributed by atoms with Gasteiger partial charge < -0.3 is 30.1 Å². The van der Waals surface area contributed by atoms with Crippen LogP contribution in [0.25, 0.3) is 0 Å². The number of ether oxygens (including phenoxy) is 2. The Balaban J connectivity index is 1.49. The van der Waals surface area contributed by atoms with Gasteiger partial charge in [-0.1, -0.05) is 103 Å². The molecule has 0 aliphatic carbocycles. The zero-order chi connectivity index (χ0) is 31.9. The Labute approximate surface area is 263 Å². The number of amides is 3. The van der Waals surface area contributed by atoms with Gasteiger partial charge in [-0.3, -0.25) is 9.59 Å². The monoisotopic (exact) mass is 613 g/mol. The number of aliphatic hydroxyl groups excluding tert-OH is 1. The predicted molar refractivity (Wildman–Crippen MR) is 167 cm³/mol. The van der Waals surface area contributed by atoms with Crippen LogP contribution in [0.15, 0.2) is 103 Å². The summed E-state index contributed by atoms with van der Waals surface area (Å²) < 4.78 is 11.2. The number of alkyl carbamates (subject to hydrolysis) is 1. The molecule has 1 heterocycles. The lowest BCUT2D eigenvalue weighted by Crippen LogP contribution is -2.44. The molecular formula is C35H39N3O7. The van der Waals surface area contributed by atoms with Crippen LogP contribution in [0.3, 0.4) is 0 Å². The summed E-state index contributed by atoms with van der Waals surface area (Å²) in [6.45, 7) is 0.248. The molecule has 0 saturated heterocycles. The van der Waals surface area contributed by atoms with E-state index in [1.807, 2.05) is 66.7 Å². The molecule has 10 heteroatoms. The van der Waals surface area contributed by atoms with Crippen LogP contribution < -0.4 is 10.6 Å². The van der Waals surface area contributed by atoms with E-state index in [1.165, 1.54) is 4.90 Å². The number of esters is 1. The first-order valence-electron chi connectivity index (χ1n) is 15.0. The molecule has 0 spiro atoms. The summed E-state index contributed by atoms with van der Waals surface area (Å²) in [5.74, 6) is -2.00. The summed E-state index contributed by atoms with van der Waals surface area (Å²) in [4.78, 5) is 54.2. The number of benzene rings is 3. The van der Waals surface area contributed by atoms with Gasteiger partial charge in [-0.05, 0) is 29.5 Å².